The van der Waals surface area contributed by atoms with E-state index < -0.39 is 0 Å². The van der Waals surface area contributed by atoms with E-state index in [0.717, 1.165) is 38.9 Å². The summed E-state index contributed by atoms with van der Waals surface area (Å²) in [6.07, 6.45) is 0. The molecule has 0 aliphatic carbocycles. The zero-order chi connectivity index (χ0) is 16.5. The maximum Gasteiger partial charge on any atom is 0.129 e. The summed E-state index contributed by atoms with van der Waals surface area (Å²) < 4.78 is 8.10. The summed E-state index contributed by atoms with van der Waals surface area (Å²) in [6.45, 7) is 2.01. The Kier molecular flexibility index (Phi) is 3.75. The monoisotopic (exact) mass is 332 g/mol. The van der Waals surface area contributed by atoms with Gasteiger partial charge >= 0.3 is 0 Å². The predicted octanol–water partition coefficient (Wildman–Crippen LogP) is 5.41. The SMILES string of the molecule is Cc1nc2ccccc2n1-c1cccc(Oc2cccc(S)c2)c1. The van der Waals surface area contributed by atoms with Crippen LogP contribution in [0.2, 0.25) is 0 Å². The molecule has 3 nitrogen and oxygen atoms in total. The van der Waals surface area contributed by atoms with Crippen molar-refractivity contribution >= 4 is 23.7 Å². The molecule has 4 heteroatoms. The van der Waals surface area contributed by atoms with Crippen LogP contribution in [0.3, 0.4) is 0 Å². The maximum atomic E-state index is 5.97. The van der Waals surface area contributed by atoms with E-state index in [1.54, 1.807) is 0 Å². The quantitative estimate of drug-likeness (QED) is 0.508. The summed E-state index contributed by atoms with van der Waals surface area (Å²) in [5.74, 6) is 2.50. The smallest absolute Gasteiger partial charge is 0.129 e. The highest BCUT2D eigenvalue weighted by Crippen LogP contribution is 2.27. The lowest BCUT2D eigenvalue weighted by molar-refractivity contribution is 0.481. The molecule has 3 aromatic carbocycles. The molecule has 0 saturated heterocycles. The second-order valence-electron chi connectivity index (χ2n) is 5.58. The molecule has 0 atom stereocenters. The minimum Gasteiger partial charge on any atom is -0.457 e. The molecule has 4 aromatic rings. The fourth-order valence-corrected chi connectivity index (χ4v) is 3.05. The largest absolute Gasteiger partial charge is 0.457 e. The summed E-state index contributed by atoms with van der Waals surface area (Å²) >= 11 is 4.35. The van der Waals surface area contributed by atoms with Crippen molar-refractivity contribution in [2.24, 2.45) is 0 Å². The number of hydrogen-bond donors (Lipinski definition) is 1. The third-order valence-electron chi connectivity index (χ3n) is 3.86. The molecule has 1 aromatic heterocycles. The van der Waals surface area contributed by atoms with E-state index in [2.05, 4.69) is 34.3 Å². The van der Waals surface area contributed by atoms with E-state index in [0.29, 0.717) is 0 Å². The van der Waals surface area contributed by atoms with Crippen LogP contribution in [0.25, 0.3) is 16.7 Å². The molecule has 0 radical (unpaired) electrons. The van der Waals surface area contributed by atoms with E-state index in [4.69, 9.17) is 4.74 Å². The van der Waals surface area contributed by atoms with Crippen molar-refractivity contribution in [1.82, 2.24) is 9.55 Å². The predicted molar refractivity (Wildman–Crippen MR) is 99.6 cm³/mol. The number of para-hydroxylation sites is 2. The lowest BCUT2D eigenvalue weighted by Gasteiger charge is -2.10. The molecule has 0 amide bonds. The second-order valence-corrected chi connectivity index (χ2v) is 6.10. The number of aromatic nitrogens is 2. The van der Waals surface area contributed by atoms with Crippen molar-refractivity contribution in [2.75, 3.05) is 0 Å². The summed E-state index contributed by atoms with van der Waals surface area (Å²) in [7, 11) is 0. The van der Waals surface area contributed by atoms with Gasteiger partial charge in [-0.25, -0.2) is 4.98 Å². The average Bonchev–Trinajstić information content (AvgIpc) is 2.91. The maximum absolute atomic E-state index is 5.97. The van der Waals surface area contributed by atoms with Crippen LogP contribution >= 0.6 is 12.6 Å². The number of rotatable bonds is 3. The van der Waals surface area contributed by atoms with E-state index in [-0.39, 0.29) is 0 Å². The number of fused-ring (bicyclic) bond motifs is 1. The van der Waals surface area contributed by atoms with Gasteiger partial charge in [-0.1, -0.05) is 24.3 Å². The molecule has 0 fully saturated rings. The number of thiol groups is 1. The highest BCUT2D eigenvalue weighted by Gasteiger charge is 2.09. The number of nitrogens with zero attached hydrogens (tertiary/aromatic N) is 2. The van der Waals surface area contributed by atoms with Gasteiger partial charge in [0.15, 0.2) is 0 Å². The van der Waals surface area contributed by atoms with Crippen LogP contribution in [0.4, 0.5) is 0 Å². The Labute approximate surface area is 145 Å². The van der Waals surface area contributed by atoms with Gasteiger partial charge in [-0.15, -0.1) is 12.6 Å². The summed E-state index contributed by atoms with van der Waals surface area (Å²) in [5, 5.41) is 0. The molecular formula is C20H16N2OS. The Balaban J connectivity index is 1.76. The number of benzene rings is 3. The van der Waals surface area contributed by atoms with E-state index in [1.807, 2.05) is 67.6 Å². The molecule has 0 bridgehead atoms. The zero-order valence-corrected chi connectivity index (χ0v) is 14.1. The molecule has 0 N–H and O–H groups in total. The molecule has 0 saturated carbocycles. The highest BCUT2D eigenvalue weighted by molar-refractivity contribution is 7.80. The average molecular weight is 332 g/mol. The Hall–Kier alpha value is -2.72. The van der Waals surface area contributed by atoms with E-state index >= 15 is 0 Å². The van der Waals surface area contributed by atoms with Gasteiger partial charge in [-0.2, -0.15) is 0 Å². The van der Waals surface area contributed by atoms with Gasteiger partial charge in [0.05, 0.1) is 16.7 Å². The Bertz CT molecular complexity index is 1020. The topological polar surface area (TPSA) is 27.1 Å². The van der Waals surface area contributed by atoms with Crippen LogP contribution < -0.4 is 4.74 Å². The van der Waals surface area contributed by atoms with Gasteiger partial charge in [0.1, 0.15) is 17.3 Å². The fraction of sp³-hybridized carbons (Fsp3) is 0.0500. The fourth-order valence-electron chi connectivity index (χ4n) is 2.84. The number of imidazole rings is 1. The molecule has 0 spiro atoms. The Morgan fingerprint density at radius 3 is 2.46 bits per heavy atom. The van der Waals surface area contributed by atoms with Crippen molar-refractivity contribution in [3.05, 3.63) is 78.6 Å². The van der Waals surface area contributed by atoms with Gasteiger partial charge in [0, 0.05) is 11.0 Å². The molecule has 0 aliphatic rings. The molecule has 0 unspecified atom stereocenters. The lowest BCUT2D eigenvalue weighted by Crippen LogP contribution is -1.97. The van der Waals surface area contributed by atoms with Crippen molar-refractivity contribution in [3.63, 3.8) is 0 Å². The van der Waals surface area contributed by atoms with E-state index in [9.17, 15) is 0 Å². The summed E-state index contributed by atoms with van der Waals surface area (Å²) in [5.41, 5.74) is 3.11. The van der Waals surface area contributed by atoms with Gasteiger partial charge in [-0.05, 0) is 49.4 Å². The minimum atomic E-state index is 0.770. The van der Waals surface area contributed by atoms with Crippen molar-refractivity contribution < 1.29 is 4.74 Å². The zero-order valence-electron chi connectivity index (χ0n) is 13.2. The standard InChI is InChI=1S/C20H16N2OS/c1-14-21-19-10-2-3-11-20(19)22(14)15-6-4-7-16(12-15)23-17-8-5-9-18(24)13-17/h2-13,24H,1H3. The molecule has 0 aliphatic heterocycles. The number of hydrogen-bond acceptors (Lipinski definition) is 3. The molecular weight excluding hydrogens is 316 g/mol. The van der Waals surface area contributed by atoms with Crippen LogP contribution in [-0.2, 0) is 0 Å². The second kappa shape index (κ2) is 6.06. The van der Waals surface area contributed by atoms with Gasteiger partial charge < -0.3 is 4.74 Å². The molecule has 1 heterocycles. The van der Waals surface area contributed by atoms with Crippen molar-refractivity contribution in [1.29, 1.82) is 0 Å². The summed E-state index contributed by atoms with van der Waals surface area (Å²) in [6, 6.07) is 23.8. The van der Waals surface area contributed by atoms with Gasteiger partial charge in [-0.3, -0.25) is 4.57 Å². The Morgan fingerprint density at radius 1 is 0.875 bits per heavy atom. The van der Waals surface area contributed by atoms with Crippen molar-refractivity contribution in [3.8, 4) is 17.2 Å². The first kappa shape index (κ1) is 14.8. The first-order valence-corrected chi connectivity index (χ1v) is 8.17. The van der Waals surface area contributed by atoms with Crippen LogP contribution in [0, 0.1) is 6.92 Å². The van der Waals surface area contributed by atoms with Gasteiger partial charge in [0.2, 0.25) is 0 Å². The van der Waals surface area contributed by atoms with Crippen LogP contribution in [0.1, 0.15) is 5.82 Å². The van der Waals surface area contributed by atoms with E-state index in [1.165, 1.54) is 0 Å². The minimum absolute atomic E-state index is 0.770. The number of ether oxygens (including phenoxy) is 1. The molecule has 24 heavy (non-hydrogen) atoms. The first-order valence-electron chi connectivity index (χ1n) is 7.72. The third kappa shape index (κ3) is 2.76. The number of aryl methyl sites for hydroxylation is 1. The van der Waals surface area contributed by atoms with Crippen LogP contribution in [-0.4, -0.2) is 9.55 Å². The summed E-state index contributed by atoms with van der Waals surface area (Å²) in [4.78, 5) is 5.50. The highest BCUT2D eigenvalue weighted by atomic mass is 32.1. The Morgan fingerprint density at radius 2 is 1.62 bits per heavy atom. The van der Waals surface area contributed by atoms with Gasteiger partial charge in [0.25, 0.3) is 0 Å². The third-order valence-corrected chi connectivity index (χ3v) is 4.14. The van der Waals surface area contributed by atoms with Crippen molar-refractivity contribution in [2.45, 2.75) is 11.8 Å². The molecule has 118 valence electrons. The first-order chi connectivity index (χ1) is 11.7. The molecule has 4 rings (SSSR count). The van der Waals surface area contributed by atoms with Crippen LogP contribution in [0.5, 0.6) is 11.5 Å². The van der Waals surface area contributed by atoms with Crippen LogP contribution in [0.15, 0.2) is 77.7 Å². The normalized spacial score (nSPS) is 10.9. The lowest BCUT2D eigenvalue weighted by atomic mass is 10.2.